The Balaban J connectivity index is 2.08. The molecular weight excluding hydrogens is 287 g/mol. The first-order valence-corrected chi connectivity index (χ1v) is 6.24. The van der Waals surface area contributed by atoms with Crippen LogP contribution in [0.25, 0.3) is 0 Å². The highest BCUT2D eigenvalue weighted by molar-refractivity contribution is 6.39. The summed E-state index contributed by atoms with van der Waals surface area (Å²) in [5.41, 5.74) is 7.01. The first-order chi connectivity index (χ1) is 8.97. The lowest BCUT2D eigenvalue weighted by Gasteiger charge is -2.07. The van der Waals surface area contributed by atoms with Gasteiger partial charge in [-0.05, 0) is 18.2 Å². The Morgan fingerprint density at radius 3 is 2.58 bits per heavy atom. The van der Waals surface area contributed by atoms with Crippen LogP contribution in [0.4, 0.5) is 5.69 Å². The smallest absolute Gasteiger partial charge is 0.251 e. The molecule has 5 nitrogen and oxygen atoms in total. The predicted octanol–water partition coefficient (Wildman–Crippen LogP) is 2.24. The lowest BCUT2D eigenvalue weighted by Crippen LogP contribution is -2.23. The number of benzene rings is 1. The third-order valence-electron chi connectivity index (χ3n) is 2.54. The lowest BCUT2D eigenvalue weighted by molar-refractivity contribution is 0.0950. The minimum absolute atomic E-state index is 0.260. The Hall–Kier alpha value is -1.72. The molecule has 1 aromatic carbocycles. The summed E-state index contributed by atoms with van der Waals surface area (Å²) in [5.74, 6) is -0.283. The van der Waals surface area contributed by atoms with Gasteiger partial charge in [0.1, 0.15) is 0 Å². The van der Waals surface area contributed by atoms with Gasteiger partial charge in [0.15, 0.2) is 0 Å². The Morgan fingerprint density at radius 2 is 2.05 bits per heavy atom. The number of hydrogen-bond donors (Lipinski definition) is 2. The van der Waals surface area contributed by atoms with Gasteiger partial charge in [0.05, 0.1) is 28.0 Å². The molecule has 19 heavy (non-hydrogen) atoms. The second-order valence-corrected chi connectivity index (χ2v) is 4.83. The number of carbonyl (C=O) groups excluding carboxylic acids is 1. The number of aryl methyl sites for hydroxylation is 1. The highest BCUT2D eigenvalue weighted by Gasteiger charge is 2.11. The normalized spacial score (nSPS) is 10.5. The third-order valence-corrected chi connectivity index (χ3v) is 3.17. The molecule has 0 aliphatic carbocycles. The zero-order chi connectivity index (χ0) is 14.0. The average Bonchev–Trinajstić information content (AvgIpc) is 2.78. The maximum absolute atomic E-state index is 11.9. The SMILES string of the molecule is Cn1ccc(CNC(=O)c2cc(Cl)c(N)c(Cl)c2)n1. The largest absolute Gasteiger partial charge is 0.396 e. The summed E-state index contributed by atoms with van der Waals surface area (Å²) < 4.78 is 1.67. The Kier molecular flexibility index (Phi) is 3.97. The number of aromatic nitrogens is 2. The molecule has 0 aliphatic rings. The van der Waals surface area contributed by atoms with Crippen molar-refractivity contribution >= 4 is 34.8 Å². The van der Waals surface area contributed by atoms with E-state index in [0.717, 1.165) is 5.69 Å². The molecule has 0 spiro atoms. The maximum Gasteiger partial charge on any atom is 0.251 e. The van der Waals surface area contributed by atoms with E-state index in [1.165, 1.54) is 12.1 Å². The molecule has 0 aliphatic heterocycles. The zero-order valence-electron chi connectivity index (χ0n) is 10.2. The second kappa shape index (κ2) is 5.50. The summed E-state index contributed by atoms with van der Waals surface area (Å²) in [5, 5.41) is 7.40. The molecule has 1 amide bonds. The fraction of sp³-hybridized carbons (Fsp3) is 0.167. The van der Waals surface area contributed by atoms with E-state index in [4.69, 9.17) is 28.9 Å². The molecule has 0 unspecified atom stereocenters. The highest BCUT2D eigenvalue weighted by atomic mass is 35.5. The van der Waals surface area contributed by atoms with Gasteiger partial charge in [0, 0.05) is 18.8 Å². The summed E-state index contributed by atoms with van der Waals surface area (Å²) in [7, 11) is 1.81. The predicted molar refractivity (Wildman–Crippen MR) is 75.3 cm³/mol. The maximum atomic E-state index is 11.9. The number of nitrogen functional groups attached to an aromatic ring is 1. The number of hydrogen-bond acceptors (Lipinski definition) is 3. The summed E-state index contributed by atoms with van der Waals surface area (Å²) in [6.07, 6.45) is 1.80. The first kappa shape index (κ1) is 13.7. The van der Waals surface area contributed by atoms with Gasteiger partial charge < -0.3 is 11.1 Å². The van der Waals surface area contributed by atoms with E-state index in [1.54, 1.807) is 10.9 Å². The van der Waals surface area contributed by atoms with Gasteiger partial charge in [-0.3, -0.25) is 9.48 Å². The Labute approximate surface area is 120 Å². The number of nitrogens with two attached hydrogens (primary N) is 1. The van der Waals surface area contributed by atoms with Gasteiger partial charge in [-0.1, -0.05) is 23.2 Å². The summed E-state index contributed by atoms with van der Waals surface area (Å²) >= 11 is 11.8. The summed E-state index contributed by atoms with van der Waals surface area (Å²) in [4.78, 5) is 11.9. The minimum atomic E-state index is -0.283. The summed E-state index contributed by atoms with van der Waals surface area (Å²) in [6.45, 7) is 0.333. The number of amides is 1. The van der Waals surface area contributed by atoms with E-state index in [-0.39, 0.29) is 21.6 Å². The van der Waals surface area contributed by atoms with E-state index >= 15 is 0 Å². The number of anilines is 1. The molecule has 0 radical (unpaired) electrons. The van der Waals surface area contributed by atoms with E-state index < -0.39 is 0 Å². The molecule has 0 fully saturated rings. The third kappa shape index (κ3) is 3.19. The van der Waals surface area contributed by atoms with Crippen LogP contribution in [0.2, 0.25) is 10.0 Å². The second-order valence-electron chi connectivity index (χ2n) is 4.02. The topological polar surface area (TPSA) is 72.9 Å². The fourth-order valence-electron chi connectivity index (χ4n) is 1.55. The molecule has 3 N–H and O–H groups in total. The van der Waals surface area contributed by atoms with Gasteiger partial charge in [0.25, 0.3) is 5.91 Å². The Morgan fingerprint density at radius 1 is 1.42 bits per heavy atom. The molecule has 0 saturated carbocycles. The van der Waals surface area contributed by atoms with Crippen LogP contribution in [-0.4, -0.2) is 15.7 Å². The molecule has 2 rings (SSSR count). The first-order valence-electron chi connectivity index (χ1n) is 5.48. The van der Waals surface area contributed by atoms with Crippen LogP contribution in [0.15, 0.2) is 24.4 Å². The molecular formula is C12H12Cl2N4O. The molecule has 2 aromatic rings. The van der Waals surface area contributed by atoms with Gasteiger partial charge in [-0.15, -0.1) is 0 Å². The quantitative estimate of drug-likeness (QED) is 0.854. The van der Waals surface area contributed by atoms with Gasteiger partial charge in [-0.25, -0.2) is 0 Å². The van der Waals surface area contributed by atoms with Gasteiger partial charge in [0.2, 0.25) is 0 Å². The van der Waals surface area contributed by atoms with Crippen molar-refractivity contribution in [3.05, 3.63) is 45.7 Å². The Bertz CT molecular complexity index is 601. The van der Waals surface area contributed by atoms with Crippen molar-refractivity contribution in [3.63, 3.8) is 0 Å². The molecule has 0 saturated heterocycles. The van der Waals surface area contributed by atoms with E-state index in [0.29, 0.717) is 12.1 Å². The van der Waals surface area contributed by atoms with Crippen molar-refractivity contribution in [3.8, 4) is 0 Å². The molecule has 1 aromatic heterocycles. The molecule has 0 bridgehead atoms. The van der Waals surface area contributed by atoms with Crippen LogP contribution in [0.5, 0.6) is 0 Å². The van der Waals surface area contributed by atoms with Crippen LogP contribution in [0.3, 0.4) is 0 Å². The number of nitrogens with zero attached hydrogens (tertiary/aromatic N) is 2. The zero-order valence-corrected chi connectivity index (χ0v) is 11.7. The van der Waals surface area contributed by atoms with Crippen LogP contribution in [0, 0.1) is 0 Å². The fourth-order valence-corrected chi connectivity index (χ4v) is 2.03. The van der Waals surface area contributed by atoms with Crippen molar-refractivity contribution in [1.29, 1.82) is 0 Å². The number of halogens is 2. The molecule has 0 atom stereocenters. The van der Waals surface area contributed by atoms with Crippen LogP contribution < -0.4 is 11.1 Å². The lowest BCUT2D eigenvalue weighted by atomic mass is 10.2. The van der Waals surface area contributed by atoms with Gasteiger partial charge >= 0.3 is 0 Å². The molecule has 1 heterocycles. The van der Waals surface area contributed by atoms with Crippen molar-refractivity contribution < 1.29 is 4.79 Å². The van der Waals surface area contributed by atoms with Crippen LogP contribution >= 0.6 is 23.2 Å². The minimum Gasteiger partial charge on any atom is -0.396 e. The van der Waals surface area contributed by atoms with E-state index in [2.05, 4.69) is 10.4 Å². The van der Waals surface area contributed by atoms with Crippen LogP contribution in [0.1, 0.15) is 16.1 Å². The monoisotopic (exact) mass is 298 g/mol. The molecule has 100 valence electrons. The van der Waals surface area contributed by atoms with Crippen molar-refractivity contribution in [2.45, 2.75) is 6.54 Å². The van der Waals surface area contributed by atoms with E-state index in [1.807, 2.05) is 13.1 Å². The van der Waals surface area contributed by atoms with Crippen molar-refractivity contribution in [1.82, 2.24) is 15.1 Å². The van der Waals surface area contributed by atoms with Crippen LogP contribution in [-0.2, 0) is 13.6 Å². The number of carbonyl (C=O) groups is 1. The number of nitrogens with one attached hydrogen (secondary N) is 1. The number of rotatable bonds is 3. The molecule has 7 heteroatoms. The van der Waals surface area contributed by atoms with E-state index in [9.17, 15) is 4.79 Å². The standard InChI is InChI=1S/C12H12Cl2N4O/c1-18-3-2-8(17-18)6-16-12(19)7-4-9(13)11(15)10(14)5-7/h2-5H,6,15H2,1H3,(H,16,19). The van der Waals surface area contributed by atoms with Crippen molar-refractivity contribution in [2.75, 3.05) is 5.73 Å². The summed E-state index contributed by atoms with van der Waals surface area (Å²) in [6, 6.07) is 4.79. The average molecular weight is 299 g/mol. The van der Waals surface area contributed by atoms with Gasteiger partial charge in [-0.2, -0.15) is 5.10 Å². The highest BCUT2D eigenvalue weighted by Crippen LogP contribution is 2.28. The van der Waals surface area contributed by atoms with Crippen molar-refractivity contribution in [2.24, 2.45) is 7.05 Å².